The van der Waals surface area contributed by atoms with Gasteiger partial charge in [0.25, 0.3) is 0 Å². The van der Waals surface area contributed by atoms with Crippen LogP contribution in [0.2, 0.25) is 0 Å². The molecule has 0 aromatic heterocycles. The maximum absolute atomic E-state index is 10.7. The lowest BCUT2D eigenvalue weighted by Gasteiger charge is -2.32. The standard InChI is InChI=1S/C23H49NO4S/c1-4-5-6-7-8-9-10-11-12-13-14-15-16-17-18-19-20-24(2,3)21-23(25)22-29(26,27)28/h23,25H,4-22H2,1-3H3. The summed E-state index contributed by atoms with van der Waals surface area (Å²) in [7, 11) is -0.401. The normalized spacial score (nSPS) is 13.7. The van der Waals surface area contributed by atoms with Gasteiger partial charge in [0.05, 0.1) is 36.5 Å². The highest BCUT2D eigenvalue weighted by atomic mass is 32.2. The van der Waals surface area contributed by atoms with Crippen LogP contribution in [0, 0.1) is 0 Å². The van der Waals surface area contributed by atoms with Crippen molar-refractivity contribution in [2.45, 2.75) is 116 Å². The highest BCUT2D eigenvalue weighted by Gasteiger charge is 2.21. The van der Waals surface area contributed by atoms with E-state index < -0.39 is 22.0 Å². The molecule has 0 saturated heterocycles. The molecule has 0 radical (unpaired) electrons. The second-order valence-corrected chi connectivity index (χ2v) is 11.0. The van der Waals surface area contributed by atoms with Gasteiger partial charge in [0, 0.05) is 0 Å². The lowest BCUT2D eigenvalue weighted by atomic mass is 10.0. The molecule has 0 rings (SSSR count). The first-order chi connectivity index (χ1) is 13.7. The van der Waals surface area contributed by atoms with E-state index in [1.54, 1.807) is 0 Å². The molecule has 0 aliphatic rings. The van der Waals surface area contributed by atoms with E-state index in [9.17, 15) is 18.1 Å². The maximum atomic E-state index is 10.7. The average Bonchev–Trinajstić information content (AvgIpc) is 2.59. The van der Waals surface area contributed by atoms with Crippen molar-refractivity contribution >= 4 is 10.1 Å². The fourth-order valence-corrected chi connectivity index (χ4v) is 4.61. The summed E-state index contributed by atoms with van der Waals surface area (Å²) in [6, 6.07) is 0. The molecule has 1 atom stereocenters. The summed E-state index contributed by atoms with van der Waals surface area (Å²) in [6.45, 7) is 3.47. The van der Waals surface area contributed by atoms with Crippen molar-refractivity contribution in [3.8, 4) is 0 Å². The summed E-state index contributed by atoms with van der Waals surface area (Å²) in [4.78, 5) is 0. The molecule has 0 heterocycles. The summed E-state index contributed by atoms with van der Waals surface area (Å²) in [5, 5.41) is 9.76. The molecule has 0 aliphatic carbocycles. The summed E-state index contributed by atoms with van der Waals surface area (Å²) in [5.41, 5.74) is 0. The van der Waals surface area contributed by atoms with Gasteiger partial charge in [-0.2, -0.15) is 0 Å². The van der Waals surface area contributed by atoms with Gasteiger partial charge in [-0.15, -0.1) is 0 Å². The average molecular weight is 436 g/mol. The van der Waals surface area contributed by atoms with Gasteiger partial charge < -0.3 is 14.1 Å². The molecule has 0 aromatic carbocycles. The van der Waals surface area contributed by atoms with Gasteiger partial charge in [-0.05, 0) is 12.8 Å². The van der Waals surface area contributed by atoms with Gasteiger partial charge >= 0.3 is 0 Å². The van der Waals surface area contributed by atoms with Crippen LogP contribution in [-0.4, -0.2) is 61.6 Å². The molecule has 1 unspecified atom stereocenters. The monoisotopic (exact) mass is 435 g/mol. The third-order valence-electron chi connectivity index (χ3n) is 5.72. The minimum absolute atomic E-state index is 0.306. The van der Waals surface area contributed by atoms with E-state index in [1.807, 2.05) is 14.1 Å². The van der Waals surface area contributed by atoms with Gasteiger partial charge in [0.1, 0.15) is 12.6 Å². The molecule has 0 fully saturated rings. The minimum atomic E-state index is -4.36. The Labute approximate surface area is 181 Å². The SMILES string of the molecule is CCCCCCCCCCCCCCCCCC[N+](C)(C)CC(O)CS(=O)(=O)[O-]. The third-order valence-corrected chi connectivity index (χ3v) is 6.51. The number of likely N-dealkylation sites (N-methyl/N-ethyl adjacent to an activating group) is 1. The van der Waals surface area contributed by atoms with Crippen molar-refractivity contribution in [2.24, 2.45) is 0 Å². The Morgan fingerprint density at radius 1 is 0.724 bits per heavy atom. The van der Waals surface area contributed by atoms with E-state index in [0.717, 1.165) is 13.0 Å². The molecule has 1 N–H and O–H groups in total. The fourth-order valence-electron chi connectivity index (χ4n) is 4.04. The van der Waals surface area contributed by atoms with E-state index in [2.05, 4.69) is 6.92 Å². The quantitative estimate of drug-likeness (QED) is 0.152. The molecule has 0 aliphatic heterocycles. The smallest absolute Gasteiger partial charge is 0.116 e. The molecule has 0 aromatic rings. The van der Waals surface area contributed by atoms with Gasteiger partial charge in [0.15, 0.2) is 0 Å². The number of hydrogen-bond donors (Lipinski definition) is 1. The summed E-state index contributed by atoms with van der Waals surface area (Å²) < 4.78 is 32.7. The predicted octanol–water partition coefficient (Wildman–Crippen LogP) is 5.23. The Kier molecular flexibility index (Phi) is 17.4. The number of unbranched alkanes of at least 4 members (excludes halogenated alkanes) is 15. The summed E-state index contributed by atoms with van der Waals surface area (Å²) in [5.74, 6) is -0.687. The van der Waals surface area contributed by atoms with Gasteiger partial charge in [-0.25, -0.2) is 8.42 Å². The zero-order valence-corrected chi connectivity index (χ0v) is 20.4. The molecule has 6 heteroatoms. The van der Waals surface area contributed by atoms with Crippen LogP contribution in [0.5, 0.6) is 0 Å². The highest BCUT2D eigenvalue weighted by molar-refractivity contribution is 7.85. The van der Waals surface area contributed by atoms with Crippen molar-refractivity contribution in [1.82, 2.24) is 0 Å². The van der Waals surface area contributed by atoms with Gasteiger partial charge in [-0.1, -0.05) is 96.8 Å². The van der Waals surface area contributed by atoms with Crippen LogP contribution in [0.15, 0.2) is 0 Å². The van der Waals surface area contributed by atoms with Crippen LogP contribution in [0.1, 0.15) is 110 Å². The second-order valence-electron chi connectivity index (χ2n) is 9.52. The molecule has 5 nitrogen and oxygen atoms in total. The first-order valence-corrected chi connectivity index (χ1v) is 13.7. The van der Waals surface area contributed by atoms with Crippen LogP contribution >= 0.6 is 0 Å². The molecule has 176 valence electrons. The Balaban J connectivity index is 3.42. The van der Waals surface area contributed by atoms with Crippen molar-refractivity contribution < 1.29 is 22.6 Å². The van der Waals surface area contributed by atoms with E-state index in [0.29, 0.717) is 11.0 Å². The zero-order valence-electron chi connectivity index (χ0n) is 19.5. The molecule has 0 bridgehead atoms. The zero-order chi connectivity index (χ0) is 22.0. The largest absolute Gasteiger partial charge is 0.748 e. The first-order valence-electron chi connectivity index (χ1n) is 12.1. The Bertz CT molecular complexity index is 465. The third kappa shape index (κ3) is 22.3. The molecular formula is C23H49NO4S. The van der Waals surface area contributed by atoms with Crippen molar-refractivity contribution in [2.75, 3.05) is 32.9 Å². The highest BCUT2D eigenvalue weighted by Crippen LogP contribution is 2.14. The number of aliphatic hydroxyl groups excluding tert-OH is 1. The number of nitrogens with zero attached hydrogens (tertiary/aromatic N) is 1. The van der Waals surface area contributed by atoms with E-state index in [-0.39, 0.29) is 0 Å². The maximum Gasteiger partial charge on any atom is 0.116 e. The summed E-state index contributed by atoms with van der Waals surface area (Å²) in [6.07, 6.45) is 20.4. The minimum Gasteiger partial charge on any atom is -0.748 e. The van der Waals surface area contributed by atoms with Crippen molar-refractivity contribution in [3.63, 3.8) is 0 Å². The number of rotatable bonds is 21. The lowest BCUT2D eigenvalue weighted by Crippen LogP contribution is -2.47. The first kappa shape index (κ1) is 28.8. The number of hydrogen-bond acceptors (Lipinski definition) is 4. The predicted molar refractivity (Wildman–Crippen MR) is 122 cm³/mol. The number of quaternary nitrogens is 1. The van der Waals surface area contributed by atoms with Gasteiger partial charge in [-0.3, -0.25) is 0 Å². The van der Waals surface area contributed by atoms with Crippen LogP contribution in [0.4, 0.5) is 0 Å². The topological polar surface area (TPSA) is 77.4 Å². The molecule has 0 saturated carbocycles. The molecule has 29 heavy (non-hydrogen) atoms. The van der Waals surface area contributed by atoms with E-state index >= 15 is 0 Å². The summed E-state index contributed by atoms with van der Waals surface area (Å²) >= 11 is 0. The van der Waals surface area contributed by atoms with E-state index in [1.165, 1.54) is 96.3 Å². The fraction of sp³-hybridized carbons (Fsp3) is 1.00. The lowest BCUT2D eigenvalue weighted by molar-refractivity contribution is -0.893. The van der Waals surface area contributed by atoms with Crippen LogP contribution in [0.25, 0.3) is 0 Å². The number of aliphatic hydroxyl groups is 1. The van der Waals surface area contributed by atoms with Crippen molar-refractivity contribution in [3.05, 3.63) is 0 Å². The van der Waals surface area contributed by atoms with Crippen LogP contribution in [0.3, 0.4) is 0 Å². The van der Waals surface area contributed by atoms with Crippen molar-refractivity contribution in [1.29, 1.82) is 0 Å². The molecule has 0 amide bonds. The molecular weight excluding hydrogens is 386 g/mol. The Morgan fingerprint density at radius 3 is 1.41 bits per heavy atom. The van der Waals surface area contributed by atoms with Crippen LogP contribution in [-0.2, 0) is 10.1 Å². The Morgan fingerprint density at radius 2 is 1.07 bits per heavy atom. The van der Waals surface area contributed by atoms with E-state index in [4.69, 9.17) is 0 Å². The second kappa shape index (κ2) is 17.5. The molecule has 0 spiro atoms. The van der Waals surface area contributed by atoms with Crippen LogP contribution < -0.4 is 0 Å². The Hall–Kier alpha value is -0.170. The van der Waals surface area contributed by atoms with Gasteiger partial charge in [0.2, 0.25) is 0 Å².